The second-order valence-electron chi connectivity index (χ2n) is 7.74. The van der Waals surface area contributed by atoms with E-state index in [2.05, 4.69) is 5.32 Å². The number of nitrogens with two attached hydrogens (primary N) is 1. The van der Waals surface area contributed by atoms with Gasteiger partial charge in [0.1, 0.15) is 48.8 Å². The smallest absolute Gasteiger partial charge is 0.320 e. The quantitative estimate of drug-likeness (QED) is 0.142. The van der Waals surface area contributed by atoms with E-state index in [0.717, 1.165) is 0 Å². The molecule has 0 spiro atoms. The largest absolute Gasteiger partial charge is 0.480 e. The van der Waals surface area contributed by atoms with Crippen molar-refractivity contribution in [1.82, 2.24) is 5.32 Å². The second kappa shape index (κ2) is 11.1. The Morgan fingerprint density at radius 2 is 1.81 bits per heavy atom. The zero-order valence-electron chi connectivity index (χ0n) is 16.9. The number of carbonyl (C=O) groups excluding carboxylic acids is 1. The Morgan fingerprint density at radius 1 is 1.16 bits per heavy atom. The molecule has 32 heavy (non-hydrogen) atoms. The summed E-state index contributed by atoms with van der Waals surface area (Å²) in [5.41, 5.74) is 5.00. The molecule has 0 aromatic heterocycles. The van der Waals surface area contributed by atoms with Crippen molar-refractivity contribution in [3.05, 3.63) is 0 Å². The van der Waals surface area contributed by atoms with E-state index in [4.69, 9.17) is 19.9 Å². The molecule has 0 aromatic rings. The number of rotatable bonds is 10. The summed E-state index contributed by atoms with van der Waals surface area (Å²) in [5, 5.41) is 82.0. The van der Waals surface area contributed by atoms with Gasteiger partial charge < -0.3 is 60.8 Å². The third-order valence-corrected chi connectivity index (χ3v) is 5.38. The van der Waals surface area contributed by atoms with E-state index in [1.54, 1.807) is 0 Å². The number of carboxylic acid groups (broad SMARTS) is 1. The summed E-state index contributed by atoms with van der Waals surface area (Å²) in [6.07, 6.45) is -13.9. The first-order valence-electron chi connectivity index (χ1n) is 9.84. The highest BCUT2D eigenvalue weighted by Gasteiger charge is 2.53. The normalized spacial score (nSPS) is 41.2. The molecule has 2 fully saturated rings. The summed E-state index contributed by atoms with van der Waals surface area (Å²) in [6, 6.07) is -1.32. The number of primary amides is 1. The summed E-state index contributed by atoms with van der Waals surface area (Å²) in [6.45, 7) is -1.97. The average Bonchev–Trinajstić information content (AvgIpc) is 2.73. The van der Waals surface area contributed by atoms with Crippen LogP contribution in [0.5, 0.6) is 0 Å². The Bertz CT molecular complexity index is 652. The van der Waals surface area contributed by atoms with Crippen LogP contribution in [-0.2, 0) is 23.8 Å². The van der Waals surface area contributed by atoms with Crippen molar-refractivity contribution in [3.63, 3.8) is 0 Å². The maximum absolute atomic E-state index is 11.3. The highest BCUT2D eigenvalue weighted by Crippen LogP contribution is 2.30. The van der Waals surface area contributed by atoms with Crippen LogP contribution in [-0.4, -0.2) is 133 Å². The van der Waals surface area contributed by atoms with Crippen molar-refractivity contribution in [2.24, 2.45) is 5.73 Å². The predicted octanol–water partition coefficient (Wildman–Crippen LogP) is -6.08. The van der Waals surface area contributed by atoms with Gasteiger partial charge in [0, 0.05) is 6.42 Å². The third kappa shape index (κ3) is 6.09. The standard InChI is InChI=1S/C17H30N2O13/c18-9(22)2-1-6(15(27)28)19-5-17(29)14(26)13(7(21)4-30-17)32-16-12(25)11(24)10(23)8(3-20)31-16/h6-8,10-14,16,19-21,23-26,29H,1-5H2,(H2,18,22)(H,27,28)/t6-,7+,8+,10+,11-,12+,13+,14-,16-,17+/m0/s1. The highest BCUT2D eigenvalue weighted by atomic mass is 16.7. The number of aliphatic carboxylic acids is 1. The number of carbonyl (C=O) groups is 2. The molecule has 15 nitrogen and oxygen atoms in total. The zero-order valence-corrected chi connectivity index (χ0v) is 16.9. The van der Waals surface area contributed by atoms with Gasteiger partial charge >= 0.3 is 5.97 Å². The van der Waals surface area contributed by atoms with Crippen molar-refractivity contribution in [2.45, 2.75) is 73.7 Å². The minimum atomic E-state index is -2.46. The van der Waals surface area contributed by atoms with E-state index in [9.17, 15) is 50.4 Å². The van der Waals surface area contributed by atoms with E-state index >= 15 is 0 Å². The van der Waals surface area contributed by atoms with Crippen LogP contribution in [0.4, 0.5) is 0 Å². The SMILES string of the molecule is NC(=O)CC[C@H](NC[C@@]1(O)OC[C@@H](O)[C@@H](O[C@@H]2O[C@H](CO)[C@@H](O)[C@H](O)[C@H]2O)[C@@H]1O)C(=O)O. The number of ether oxygens (including phenoxy) is 3. The Labute approximate surface area is 181 Å². The first-order valence-corrected chi connectivity index (χ1v) is 9.84. The van der Waals surface area contributed by atoms with E-state index < -0.39 is 92.5 Å². The molecule has 0 aromatic carbocycles. The minimum Gasteiger partial charge on any atom is -0.480 e. The molecule has 0 bridgehead atoms. The van der Waals surface area contributed by atoms with Gasteiger partial charge in [-0.2, -0.15) is 0 Å². The molecule has 0 radical (unpaired) electrons. The Kier molecular flexibility index (Phi) is 9.26. The number of amides is 1. The lowest BCUT2D eigenvalue weighted by molar-refractivity contribution is -0.367. The number of aliphatic hydroxyl groups is 7. The predicted molar refractivity (Wildman–Crippen MR) is 99.4 cm³/mol. The maximum Gasteiger partial charge on any atom is 0.320 e. The Balaban J connectivity index is 2.08. The fourth-order valence-electron chi connectivity index (χ4n) is 3.40. The fourth-order valence-corrected chi connectivity index (χ4v) is 3.40. The van der Waals surface area contributed by atoms with Crippen LogP contribution < -0.4 is 11.1 Å². The van der Waals surface area contributed by atoms with Crippen LogP contribution in [0.3, 0.4) is 0 Å². The van der Waals surface area contributed by atoms with Crippen LogP contribution in [0.25, 0.3) is 0 Å². The molecular formula is C17H30N2O13. The summed E-state index contributed by atoms with van der Waals surface area (Å²) < 4.78 is 15.6. The molecule has 15 heteroatoms. The van der Waals surface area contributed by atoms with Crippen molar-refractivity contribution in [3.8, 4) is 0 Å². The number of hydrogen-bond donors (Lipinski definition) is 10. The van der Waals surface area contributed by atoms with Crippen molar-refractivity contribution >= 4 is 11.9 Å². The molecule has 2 rings (SSSR count). The van der Waals surface area contributed by atoms with Gasteiger partial charge in [-0.25, -0.2) is 0 Å². The van der Waals surface area contributed by atoms with Crippen LogP contribution in [0.2, 0.25) is 0 Å². The molecule has 10 atom stereocenters. The number of aliphatic hydroxyl groups excluding tert-OH is 6. The number of nitrogens with one attached hydrogen (secondary N) is 1. The topological polar surface area (TPSA) is 262 Å². The molecule has 2 saturated heterocycles. The first-order chi connectivity index (χ1) is 14.9. The van der Waals surface area contributed by atoms with Crippen LogP contribution in [0, 0.1) is 0 Å². The van der Waals surface area contributed by atoms with Gasteiger partial charge in [0.05, 0.1) is 19.8 Å². The molecule has 11 N–H and O–H groups in total. The lowest BCUT2D eigenvalue weighted by Gasteiger charge is -2.47. The monoisotopic (exact) mass is 470 g/mol. The first kappa shape index (κ1) is 26.7. The summed E-state index contributed by atoms with van der Waals surface area (Å²) in [5.74, 6) is -4.55. The lowest BCUT2D eigenvalue weighted by Crippen LogP contribution is -2.68. The Hall–Kier alpha value is -1.50. The lowest BCUT2D eigenvalue weighted by atomic mass is 9.95. The molecular weight excluding hydrogens is 440 g/mol. The molecule has 0 aliphatic carbocycles. The van der Waals surface area contributed by atoms with Crippen molar-refractivity contribution in [1.29, 1.82) is 0 Å². The van der Waals surface area contributed by atoms with E-state index in [1.165, 1.54) is 0 Å². The zero-order chi connectivity index (χ0) is 24.2. The van der Waals surface area contributed by atoms with E-state index in [1.807, 2.05) is 0 Å². The maximum atomic E-state index is 11.3. The molecule has 186 valence electrons. The van der Waals surface area contributed by atoms with E-state index in [0.29, 0.717) is 0 Å². The molecule has 0 saturated carbocycles. The van der Waals surface area contributed by atoms with Gasteiger partial charge in [0.25, 0.3) is 0 Å². The van der Waals surface area contributed by atoms with Crippen LogP contribution in [0.1, 0.15) is 12.8 Å². The molecule has 2 aliphatic heterocycles. The van der Waals surface area contributed by atoms with Gasteiger partial charge in [0.2, 0.25) is 11.7 Å². The van der Waals surface area contributed by atoms with Crippen LogP contribution in [0.15, 0.2) is 0 Å². The van der Waals surface area contributed by atoms with Crippen molar-refractivity contribution < 1.29 is 64.7 Å². The summed E-state index contributed by atoms with van der Waals surface area (Å²) in [4.78, 5) is 22.2. The molecule has 0 unspecified atom stereocenters. The second-order valence-corrected chi connectivity index (χ2v) is 7.74. The summed E-state index contributed by atoms with van der Waals surface area (Å²) >= 11 is 0. The molecule has 2 heterocycles. The van der Waals surface area contributed by atoms with E-state index in [-0.39, 0.29) is 12.8 Å². The summed E-state index contributed by atoms with van der Waals surface area (Å²) in [7, 11) is 0. The average molecular weight is 470 g/mol. The van der Waals surface area contributed by atoms with Gasteiger partial charge in [0.15, 0.2) is 6.29 Å². The number of hydrogen-bond acceptors (Lipinski definition) is 13. The van der Waals surface area contributed by atoms with Gasteiger partial charge in [-0.15, -0.1) is 0 Å². The highest BCUT2D eigenvalue weighted by molar-refractivity contribution is 5.77. The molecule has 1 amide bonds. The third-order valence-electron chi connectivity index (χ3n) is 5.38. The molecule has 2 aliphatic rings. The Morgan fingerprint density at radius 3 is 2.38 bits per heavy atom. The van der Waals surface area contributed by atoms with Gasteiger partial charge in [-0.05, 0) is 6.42 Å². The minimum absolute atomic E-state index is 0.204. The van der Waals surface area contributed by atoms with Gasteiger partial charge in [-0.3, -0.25) is 14.9 Å². The van der Waals surface area contributed by atoms with Crippen LogP contribution >= 0.6 is 0 Å². The van der Waals surface area contributed by atoms with Crippen molar-refractivity contribution in [2.75, 3.05) is 19.8 Å². The number of carboxylic acids is 1. The van der Waals surface area contributed by atoms with Gasteiger partial charge in [-0.1, -0.05) is 0 Å². The fraction of sp³-hybridized carbons (Fsp3) is 0.882.